The summed E-state index contributed by atoms with van der Waals surface area (Å²) in [5.41, 5.74) is 1.98. The average Bonchev–Trinajstić information content (AvgIpc) is 3.23. The van der Waals surface area contributed by atoms with Gasteiger partial charge in [-0.25, -0.2) is 18.6 Å². The van der Waals surface area contributed by atoms with Gasteiger partial charge in [0.05, 0.1) is 19.5 Å². The van der Waals surface area contributed by atoms with Crippen LogP contribution in [0.4, 0.5) is 14.5 Å². The van der Waals surface area contributed by atoms with Gasteiger partial charge in [0, 0.05) is 35.4 Å². The van der Waals surface area contributed by atoms with Gasteiger partial charge >= 0.3 is 5.97 Å². The maximum absolute atomic E-state index is 13.8. The lowest BCUT2D eigenvalue weighted by Crippen LogP contribution is -2.26. The number of anilines is 1. The molecule has 5 nitrogen and oxygen atoms in total. The molecule has 0 radical (unpaired) electrons. The van der Waals surface area contributed by atoms with Crippen molar-refractivity contribution in [2.45, 2.75) is 40.2 Å². The van der Waals surface area contributed by atoms with Gasteiger partial charge in [0.25, 0.3) is 5.92 Å². The van der Waals surface area contributed by atoms with E-state index < -0.39 is 17.8 Å². The van der Waals surface area contributed by atoms with Gasteiger partial charge < -0.3 is 14.2 Å². The molecule has 0 amide bonds. The van der Waals surface area contributed by atoms with Gasteiger partial charge in [0.2, 0.25) is 0 Å². The SMILES string of the molecule is CC.CCOC(=O)c1cn(Cc2ccc(N3CC(C)C(F)(F)C3)cc2Br)cn1. The van der Waals surface area contributed by atoms with E-state index in [1.165, 1.54) is 0 Å². The Morgan fingerprint density at radius 3 is 2.68 bits per heavy atom. The smallest absolute Gasteiger partial charge is 0.358 e. The molecule has 1 saturated heterocycles. The second-order valence-electron chi connectivity index (χ2n) is 6.47. The molecule has 8 heteroatoms. The maximum Gasteiger partial charge on any atom is 0.358 e. The lowest BCUT2D eigenvalue weighted by molar-refractivity contribution is -0.0137. The number of alkyl halides is 2. The zero-order valence-corrected chi connectivity index (χ0v) is 18.2. The van der Waals surface area contributed by atoms with Gasteiger partial charge in [0.15, 0.2) is 5.69 Å². The Morgan fingerprint density at radius 2 is 2.11 bits per heavy atom. The third-order valence-electron chi connectivity index (χ3n) is 4.49. The monoisotopic (exact) mass is 457 g/mol. The van der Waals surface area contributed by atoms with Crippen molar-refractivity contribution < 1.29 is 18.3 Å². The molecule has 1 unspecified atom stereocenters. The number of hydrogen-bond acceptors (Lipinski definition) is 4. The lowest BCUT2D eigenvalue weighted by atomic mass is 10.1. The summed E-state index contributed by atoms with van der Waals surface area (Å²) in [5.74, 6) is -3.77. The van der Waals surface area contributed by atoms with Crippen LogP contribution in [0.15, 0.2) is 35.2 Å². The minimum atomic E-state index is -2.66. The topological polar surface area (TPSA) is 47.4 Å². The van der Waals surface area contributed by atoms with Crippen molar-refractivity contribution in [2.24, 2.45) is 5.92 Å². The molecule has 154 valence electrons. The van der Waals surface area contributed by atoms with E-state index >= 15 is 0 Å². The van der Waals surface area contributed by atoms with Crippen LogP contribution in [0.2, 0.25) is 0 Å². The van der Waals surface area contributed by atoms with Crippen LogP contribution < -0.4 is 4.90 Å². The maximum atomic E-state index is 13.8. The molecule has 3 rings (SSSR count). The first kappa shape index (κ1) is 22.3. The predicted octanol–water partition coefficient (Wildman–Crippen LogP) is 4.99. The summed E-state index contributed by atoms with van der Waals surface area (Å²) < 4.78 is 35.0. The van der Waals surface area contributed by atoms with Crippen LogP contribution in [-0.4, -0.2) is 41.1 Å². The Morgan fingerprint density at radius 1 is 1.39 bits per heavy atom. The summed E-state index contributed by atoms with van der Waals surface area (Å²) in [6.45, 7) is 8.19. The minimum Gasteiger partial charge on any atom is -0.461 e. The number of aromatic nitrogens is 2. The van der Waals surface area contributed by atoms with Crippen LogP contribution in [0.25, 0.3) is 0 Å². The van der Waals surface area contributed by atoms with Crippen LogP contribution in [-0.2, 0) is 11.3 Å². The fourth-order valence-electron chi connectivity index (χ4n) is 2.95. The van der Waals surface area contributed by atoms with Crippen molar-refractivity contribution in [1.82, 2.24) is 9.55 Å². The first-order valence-electron chi connectivity index (χ1n) is 9.40. The average molecular weight is 458 g/mol. The van der Waals surface area contributed by atoms with Crippen molar-refractivity contribution in [3.05, 3.63) is 46.5 Å². The summed E-state index contributed by atoms with van der Waals surface area (Å²) >= 11 is 3.52. The van der Waals surface area contributed by atoms with Crippen molar-refractivity contribution in [1.29, 1.82) is 0 Å². The first-order chi connectivity index (χ1) is 13.3. The molecule has 2 heterocycles. The van der Waals surface area contributed by atoms with E-state index in [0.717, 1.165) is 15.7 Å². The highest BCUT2D eigenvalue weighted by atomic mass is 79.9. The van der Waals surface area contributed by atoms with E-state index in [1.807, 2.05) is 32.0 Å². The van der Waals surface area contributed by atoms with E-state index in [2.05, 4.69) is 20.9 Å². The van der Waals surface area contributed by atoms with E-state index in [-0.39, 0.29) is 12.2 Å². The van der Waals surface area contributed by atoms with Crippen molar-refractivity contribution >= 4 is 27.6 Å². The summed E-state index contributed by atoms with van der Waals surface area (Å²) in [6.07, 6.45) is 3.19. The molecule has 2 aromatic rings. The number of benzene rings is 1. The molecule has 28 heavy (non-hydrogen) atoms. The molecule has 1 aromatic heterocycles. The number of halogens is 3. The number of rotatable bonds is 5. The molecule has 1 fully saturated rings. The summed E-state index contributed by atoms with van der Waals surface area (Å²) in [6, 6.07) is 5.59. The van der Waals surface area contributed by atoms with E-state index in [1.54, 1.807) is 35.8 Å². The third kappa shape index (κ3) is 5.10. The van der Waals surface area contributed by atoms with E-state index in [4.69, 9.17) is 4.74 Å². The number of imidazole rings is 1. The molecule has 1 aliphatic heterocycles. The number of nitrogens with zero attached hydrogens (tertiary/aromatic N) is 3. The summed E-state index contributed by atoms with van der Waals surface area (Å²) in [4.78, 5) is 17.4. The van der Waals surface area contributed by atoms with Gasteiger partial charge in [0.1, 0.15) is 0 Å². The highest BCUT2D eigenvalue weighted by molar-refractivity contribution is 9.10. The Labute approximate surface area is 172 Å². The van der Waals surface area contributed by atoms with Crippen LogP contribution in [0.1, 0.15) is 43.7 Å². The molecule has 0 saturated carbocycles. The molecule has 1 atom stereocenters. The second kappa shape index (κ2) is 9.49. The normalized spacial score (nSPS) is 17.8. The Hall–Kier alpha value is -1.96. The van der Waals surface area contributed by atoms with Crippen molar-refractivity contribution in [3.63, 3.8) is 0 Å². The van der Waals surface area contributed by atoms with Crippen LogP contribution in [0, 0.1) is 5.92 Å². The summed E-state index contributed by atoms with van der Waals surface area (Å²) in [7, 11) is 0. The Balaban J connectivity index is 0.00000136. The molecule has 1 aliphatic rings. The molecule has 0 N–H and O–H groups in total. The summed E-state index contributed by atoms with van der Waals surface area (Å²) in [5, 5.41) is 0. The van der Waals surface area contributed by atoms with Crippen molar-refractivity contribution in [3.8, 4) is 0 Å². The molecule has 0 bridgehead atoms. The molecule has 0 aliphatic carbocycles. The van der Waals surface area contributed by atoms with Gasteiger partial charge in [-0.05, 0) is 24.6 Å². The zero-order valence-electron chi connectivity index (χ0n) is 16.6. The molecule has 0 spiro atoms. The second-order valence-corrected chi connectivity index (χ2v) is 7.32. The molecular weight excluding hydrogens is 432 g/mol. The van der Waals surface area contributed by atoms with E-state index in [9.17, 15) is 13.6 Å². The number of ether oxygens (including phenoxy) is 1. The van der Waals surface area contributed by atoms with Crippen LogP contribution >= 0.6 is 15.9 Å². The third-order valence-corrected chi connectivity index (χ3v) is 5.23. The largest absolute Gasteiger partial charge is 0.461 e. The fraction of sp³-hybridized carbons (Fsp3) is 0.500. The fourth-order valence-corrected chi connectivity index (χ4v) is 3.44. The highest BCUT2D eigenvalue weighted by Gasteiger charge is 2.45. The Bertz CT molecular complexity index is 810. The standard InChI is InChI=1S/C18H20BrF2N3O2.C2H6/c1-3-26-17(25)16-9-23(11-22-16)8-13-4-5-14(6-15(13)19)24-7-12(2)18(20,21)10-24;1-2/h4-6,9,11-12H,3,7-8,10H2,1-2H3;1-2H3. The van der Waals surface area contributed by atoms with E-state index in [0.29, 0.717) is 19.7 Å². The first-order valence-corrected chi connectivity index (χ1v) is 10.2. The number of carbonyl (C=O) groups excluding carboxylic acids is 1. The number of esters is 1. The highest BCUT2D eigenvalue weighted by Crippen LogP contribution is 2.36. The van der Waals surface area contributed by atoms with Gasteiger partial charge in [-0.15, -0.1) is 0 Å². The zero-order chi connectivity index (χ0) is 20.9. The quantitative estimate of drug-likeness (QED) is 0.593. The minimum absolute atomic E-state index is 0.257. The van der Waals surface area contributed by atoms with Crippen LogP contribution in [0.5, 0.6) is 0 Å². The molecule has 1 aromatic carbocycles. The van der Waals surface area contributed by atoms with Crippen molar-refractivity contribution in [2.75, 3.05) is 24.6 Å². The lowest BCUT2D eigenvalue weighted by Gasteiger charge is -2.19. The van der Waals surface area contributed by atoms with Crippen LogP contribution in [0.3, 0.4) is 0 Å². The van der Waals surface area contributed by atoms with Gasteiger partial charge in [-0.2, -0.15) is 0 Å². The Kier molecular flexibility index (Phi) is 7.57. The number of hydrogen-bond donors (Lipinski definition) is 0. The molecular formula is C20H26BrF2N3O2. The van der Waals surface area contributed by atoms with Gasteiger partial charge in [-0.3, -0.25) is 0 Å². The predicted molar refractivity (Wildman–Crippen MR) is 109 cm³/mol. The van der Waals surface area contributed by atoms with Gasteiger partial charge in [-0.1, -0.05) is 42.8 Å². The number of carbonyl (C=O) groups is 1.